The summed E-state index contributed by atoms with van der Waals surface area (Å²) in [5.41, 5.74) is 0.988. The summed E-state index contributed by atoms with van der Waals surface area (Å²) in [6.07, 6.45) is 0.884. The van der Waals surface area contributed by atoms with Crippen LogP contribution in [0, 0.1) is 0 Å². The SMILES string of the molecule is CCc1cccc(OCCOC(=O)c2cccc(OC)c2OC(F)F)c1. The summed E-state index contributed by atoms with van der Waals surface area (Å²) < 4.78 is 45.1. The van der Waals surface area contributed by atoms with Crippen LogP contribution in [-0.2, 0) is 11.2 Å². The standard InChI is InChI=1S/C19H20F2O5/c1-3-13-6-4-7-14(12-13)24-10-11-25-18(22)15-8-5-9-16(23-2)17(15)26-19(20)21/h4-9,12,19H,3,10-11H2,1-2H3. The molecule has 0 heterocycles. The summed E-state index contributed by atoms with van der Waals surface area (Å²) in [5.74, 6) is -0.465. The molecule has 5 nitrogen and oxygen atoms in total. The molecule has 0 unspecified atom stereocenters. The van der Waals surface area contributed by atoms with Crippen molar-refractivity contribution >= 4 is 5.97 Å². The minimum atomic E-state index is -3.09. The van der Waals surface area contributed by atoms with Crippen molar-refractivity contribution in [2.75, 3.05) is 20.3 Å². The maximum absolute atomic E-state index is 12.6. The van der Waals surface area contributed by atoms with Crippen molar-refractivity contribution in [2.45, 2.75) is 20.0 Å². The summed E-state index contributed by atoms with van der Waals surface area (Å²) >= 11 is 0. The van der Waals surface area contributed by atoms with Crippen molar-refractivity contribution in [2.24, 2.45) is 0 Å². The topological polar surface area (TPSA) is 54.0 Å². The highest BCUT2D eigenvalue weighted by Gasteiger charge is 2.21. The number of hydrogen-bond donors (Lipinski definition) is 0. The quantitative estimate of drug-likeness (QED) is 0.494. The fourth-order valence-electron chi connectivity index (χ4n) is 2.27. The number of methoxy groups -OCH3 is 1. The van der Waals surface area contributed by atoms with Gasteiger partial charge in [-0.3, -0.25) is 0 Å². The third-order valence-electron chi connectivity index (χ3n) is 3.52. The number of aryl methyl sites for hydroxylation is 1. The van der Waals surface area contributed by atoms with Crippen molar-refractivity contribution in [1.29, 1.82) is 0 Å². The van der Waals surface area contributed by atoms with Gasteiger partial charge in [0, 0.05) is 0 Å². The van der Waals surface area contributed by atoms with Crippen LogP contribution in [0.5, 0.6) is 17.2 Å². The predicted octanol–water partition coefficient (Wildman–Crippen LogP) is 4.09. The molecular formula is C19H20F2O5. The van der Waals surface area contributed by atoms with E-state index >= 15 is 0 Å². The molecule has 0 saturated heterocycles. The summed E-state index contributed by atoms with van der Waals surface area (Å²) in [6.45, 7) is -0.963. The third kappa shape index (κ3) is 5.34. The van der Waals surface area contributed by atoms with E-state index in [-0.39, 0.29) is 30.3 Å². The van der Waals surface area contributed by atoms with Crippen LogP contribution in [0.3, 0.4) is 0 Å². The van der Waals surface area contributed by atoms with Gasteiger partial charge in [0.05, 0.1) is 7.11 Å². The van der Waals surface area contributed by atoms with Crippen LogP contribution in [0.4, 0.5) is 8.78 Å². The van der Waals surface area contributed by atoms with Crippen LogP contribution in [-0.4, -0.2) is 32.9 Å². The normalized spacial score (nSPS) is 10.5. The van der Waals surface area contributed by atoms with Gasteiger partial charge in [-0.15, -0.1) is 0 Å². The molecule has 0 radical (unpaired) electrons. The van der Waals surface area contributed by atoms with Gasteiger partial charge in [-0.25, -0.2) is 4.79 Å². The number of hydrogen-bond acceptors (Lipinski definition) is 5. The summed E-state index contributed by atoms with van der Waals surface area (Å²) in [5, 5.41) is 0. The minimum absolute atomic E-state index is 0.0207. The first-order valence-corrected chi connectivity index (χ1v) is 8.05. The fraction of sp³-hybridized carbons (Fsp3) is 0.316. The fourth-order valence-corrected chi connectivity index (χ4v) is 2.27. The molecular weight excluding hydrogens is 346 g/mol. The highest BCUT2D eigenvalue weighted by atomic mass is 19.3. The van der Waals surface area contributed by atoms with Crippen LogP contribution in [0.1, 0.15) is 22.8 Å². The molecule has 0 aliphatic heterocycles. The van der Waals surface area contributed by atoms with E-state index in [0.29, 0.717) is 5.75 Å². The molecule has 0 aliphatic rings. The molecule has 0 aliphatic carbocycles. The second-order valence-corrected chi connectivity index (χ2v) is 5.20. The zero-order valence-electron chi connectivity index (χ0n) is 14.5. The van der Waals surface area contributed by atoms with Gasteiger partial charge in [-0.2, -0.15) is 8.78 Å². The molecule has 0 spiro atoms. The largest absolute Gasteiger partial charge is 0.493 e. The lowest BCUT2D eigenvalue weighted by Gasteiger charge is -2.14. The molecule has 7 heteroatoms. The Hall–Kier alpha value is -2.83. The van der Waals surface area contributed by atoms with Gasteiger partial charge in [0.2, 0.25) is 0 Å². The van der Waals surface area contributed by atoms with Crippen molar-refractivity contribution in [3.8, 4) is 17.2 Å². The molecule has 2 aromatic carbocycles. The number of carbonyl (C=O) groups excluding carboxylic acids is 1. The Morgan fingerprint density at radius 1 is 1.12 bits per heavy atom. The number of ether oxygens (including phenoxy) is 4. The first-order chi connectivity index (χ1) is 12.5. The van der Waals surface area contributed by atoms with E-state index in [2.05, 4.69) is 4.74 Å². The van der Waals surface area contributed by atoms with E-state index in [1.807, 2.05) is 25.1 Å². The van der Waals surface area contributed by atoms with Crippen LogP contribution in [0.15, 0.2) is 42.5 Å². The predicted molar refractivity (Wildman–Crippen MR) is 91.2 cm³/mol. The lowest BCUT2D eigenvalue weighted by atomic mass is 10.2. The molecule has 140 valence electrons. The summed E-state index contributed by atoms with van der Waals surface area (Å²) in [4.78, 5) is 12.2. The monoisotopic (exact) mass is 366 g/mol. The van der Waals surface area contributed by atoms with Crippen LogP contribution in [0.25, 0.3) is 0 Å². The van der Waals surface area contributed by atoms with Crippen molar-refractivity contribution in [3.05, 3.63) is 53.6 Å². The van der Waals surface area contributed by atoms with Crippen LogP contribution in [0.2, 0.25) is 0 Å². The average Bonchev–Trinajstić information content (AvgIpc) is 2.65. The molecule has 2 aromatic rings. The number of alkyl halides is 2. The third-order valence-corrected chi connectivity index (χ3v) is 3.52. The van der Waals surface area contributed by atoms with Crippen molar-refractivity contribution in [3.63, 3.8) is 0 Å². The van der Waals surface area contributed by atoms with Gasteiger partial charge < -0.3 is 18.9 Å². The minimum Gasteiger partial charge on any atom is -0.493 e. The molecule has 0 fully saturated rings. The Morgan fingerprint density at radius 2 is 1.88 bits per heavy atom. The van der Waals surface area contributed by atoms with Crippen LogP contribution < -0.4 is 14.2 Å². The molecule has 0 N–H and O–H groups in total. The molecule has 26 heavy (non-hydrogen) atoms. The molecule has 2 rings (SSSR count). The lowest BCUT2D eigenvalue weighted by Crippen LogP contribution is -2.15. The molecule has 0 bridgehead atoms. The molecule has 0 saturated carbocycles. The average molecular weight is 366 g/mol. The lowest BCUT2D eigenvalue weighted by molar-refractivity contribution is -0.0518. The Kier molecular flexibility index (Phi) is 7.20. The maximum atomic E-state index is 12.6. The smallest absolute Gasteiger partial charge is 0.387 e. The first kappa shape index (κ1) is 19.5. The number of benzene rings is 2. The summed E-state index contributed by atoms with van der Waals surface area (Å²) in [6, 6.07) is 11.8. The van der Waals surface area contributed by atoms with Crippen LogP contribution >= 0.6 is 0 Å². The Morgan fingerprint density at radius 3 is 2.58 bits per heavy atom. The zero-order valence-corrected chi connectivity index (χ0v) is 14.5. The highest BCUT2D eigenvalue weighted by molar-refractivity contribution is 5.93. The van der Waals surface area contributed by atoms with Gasteiger partial charge >= 0.3 is 12.6 Å². The number of rotatable bonds is 9. The molecule has 0 amide bonds. The Labute approximate surface area is 150 Å². The second kappa shape index (κ2) is 9.60. The van der Waals surface area contributed by atoms with E-state index in [0.717, 1.165) is 12.0 Å². The van der Waals surface area contributed by atoms with Crippen molar-refractivity contribution in [1.82, 2.24) is 0 Å². The van der Waals surface area contributed by atoms with Gasteiger partial charge in [0.1, 0.15) is 24.5 Å². The van der Waals surface area contributed by atoms with Gasteiger partial charge in [-0.05, 0) is 36.2 Å². The molecule has 0 aromatic heterocycles. The van der Waals surface area contributed by atoms with E-state index in [4.69, 9.17) is 14.2 Å². The number of para-hydroxylation sites is 1. The van der Waals surface area contributed by atoms with E-state index in [9.17, 15) is 13.6 Å². The molecule has 0 atom stereocenters. The van der Waals surface area contributed by atoms with Gasteiger partial charge in [-0.1, -0.05) is 25.1 Å². The van der Waals surface area contributed by atoms with E-state index in [1.165, 1.54) is 25.3 Å². The Bertz CT molecular complexity index is 734. The summed E-state index contributed by atoms with van der Waals surface area (Å²) in [7, 11) is 1.29. The van der Waals surface area contributed by atoms with Gasteiger partial charge in [0.15, 0.2) is 11.5 Å². The second-order valence-electron chi connectivity index (χ2n) is 5.20. The highest BCUT2D eigenvalue weighted by Crippen LogP contribution is 2.32. The zero-order chi connectivity index (χ0) is 18.9. The first-order valence-electron chi connectivity index (χ1n) is 8.05. The van der Waals surface area contributed by atoms with E-state index in [1.54, 1.807) is 6.07 Å². The number of carbonyl (C=O) groups is 1. The maximum Gasteiger partial charge on any atom is 0.387 e. The van der Waals surface area contributed by atoms with E-state index < -0.39 is 12.6 Å². The van der Waals surface area contributed by atoms with Gasteiger partial charge in [0.25, 0.3) is 0 Å². The number of halogens is 2. The number of esters is 1. The van der Waals surface area contributed by atoms with Crippen molar-refractivity contribution < 1.29 is 32.5 Å². The Balaban J connectivity index is 1.95.